The number of ether oxygens (including phenoxy) is 1. The monoisotopic (exact) mass is 437 g/mol. The zero-order valence-electron chi connectivity index (χ0n) is 15.3. The molecule has 148 valence electrons. The fraction of sp³-hybridized carbons (Fsp3) is 0.0476. The van der Waals surface area contributed by atoms with Gasteiger partial charge < -0.3 is 14.3 Å². The Morgan fingerprint density at radius 1 is 1.07 bits per heavy atom. The molecular formula is C21H13Cl2N5O2. The minimum atomic E-state index is -0.0633. The van der Waals surface area contributed by atoms with Crippen LogP contribution in [0, 0.1) is 0 Å². The topological polar surface area (TPSA) is 85.7 Å². The van der Waals surface area contributed by atoms with E-state index in [2.05, 4.69) is 19.9 Å². The molecule has 3 aromatic heterocycles. The molecule has 0 aliphatic carbocycles. The van der Waals surface area contributed by atoms with Gasteiger partial charge in [0, 0.05) is 41.1 Å². The molecule has 0 spiro atoms. The summed E-state index contributed by atoms with van der Waals surface area (Å²) in [7, 11) is 0. The summed E-state index contributed by atoms with van der Waals surface area (Å²) in [6, 6.07) is 10.8. The average Bonchev–Trinajstić information content (AvgIpc) is 3.33. The van der Waals surface area contributed by atoms with Gasteiger partial charge in [0.25, 0.3) is 0 Å². The smallest absolute Gasteiger partial charge is 0.321 e. The zero-order chi connectivity index (χ0) is 20.7. The van der Waals surface area contributed by atoms with Crippen molar-refractivity contribution in [2.45, 2.75) is 6.54 Å². The number of benzene rings is 2. The molecule has 0 saturated heterocycles. The highest BCUT2D eigenvalue weighted by Crippen LogP contribution is 2.29. The van der Waals surface area contributed by atoms with E-state index in [0.717, 1.165) is 16.4 Å². The number of carbonyl (C=O) groups is 1. The van der Waals surface area contributed by atoms with E-state index in [0.29, 0.717) is 26.9 Å². The molecule has 9 heteroatoms. The fourth-order valence-electron chi connectivity index (χ4n) is 3.26. The summed E-state index contributed by atoms with van der Waals surface area (Å²) in [5, 5.41) is 1.64. The zero-order valence-corrected chi connectivity index (χ0v) is 16.9. The number of hydrogen-bond acceptors (Lipinski definition) is 5. The molecule has 0 saturated carbocycles. The number of ketones is 1. The number of nitrogens with one attached hydrogen (secondary N) is 1. The maximum atomic E-state index is 13.0. The van der Waals surface area contributed by atoms with Crippen molar-refractivity contribution in [2.75, 3.05) is 0 Å². The summed E-state index contributed by atoms with van der Waals surface area (Å²) in [6.07, 6.45) is 6.51. The molecule has 5 aromatic rings. The molecule has 0 radical (unpaired) electrons. The predicted molar refractivity (Wildman–Crippen MR) is 114 cm³/mol. The molecule has 0 unspecified atom stereocenters. The fourth-order valence-corrected chi connectivity index (χ4v) is 3.58. The second kappa shape index (κ2) is 7.44. The molecule has 2 aromatic carbocycles. The van der Waals surface area contributed by atoms with Crippen LogP contribution in [0.3, 0.4) is 0 Å². The highest BCUT2D eigenvalue weighted by Gasteiger charge is 2.16. The van der Waals surface area contributed by atoms with E-state index in [-0.39, 0.29) is 18.3 Å². The number of aromatic nitrogens is 5. The number of nitrogens with zero attached hydrogens (tertiary/aromatic N) is 4. The van der Waals surface area contributed by atoms with Gasteiger partial charge in [-0.3, -0.25) is 4.79 Å². The van der Waals surface area contributed by atoms with Crippen molar-refractivity contribution >= 4 is 50.9 Å². The SMILES string of the molecule is O=C(Cn1cnc2cc(Cl)c(Cl)cc21)c1c[nH]c2cc(Oc3ncccn3)ccc12. The first kappa shape index (κ1) is 18.6. The summed E-state index contributed by atoms with van der Waals surface area (Å²) >= 11 is 12.2. The van der Waals surface area contributed by atoms with E-state index in [1.807, 2.05) is 6.07 Å². The van der Waals surface area contributed by atoms with E-state index in [1.165, 1.54) is 0 Å². The van der Waals surface area contributed by atoms with Crippen LogP contribution >= 0.6 is 23.2 Å². The first-order valence-electron chi connectivity index (χ1n) is 8.97. The minimum Gasteiger partial charge on any atom is -0.424 e. The van der Waals surface area contributed by atoms with Crippen molar-refractivity contribution in [3.63, 3.8) is 0 Å². The number of imidazole rings is 1. The van der Waals surface area contributed by atoms with Crippen LogP contribution in [0.25, 0.3) is 21.9 Å². The Kier molecular flexibility index (Phi) is 4.61. The Bertz CT molecular complexity index is 1400. The lowest BCUT2D eigenvalue weighted by Crippen LogP contribution is -2.09. The van der Waals surface area contributed by atoms with Crippen LogP contribution < -0.4 is 4.74 Å². The second-order valence-electron chi connectivity index (χ2n) is 6.59. The van der Waals surface area contributed by atoms with Gasteiger partial charge in [-0.2, -0.15) is 0 Å². The van der Waals surface area contributed by atoms with E-state index in [4.69, 9.17) is 27.9 Å². The van der Waals surface area contributed by atoms with Gasteiger partial charge in [-0.05, 0) is 30.3 Å². The van der Waals surface area contributed by atoms with Gasteiger partial charge in [-0.25, -0.2) is 15.0 Å². The van der Waals surface area contributed by atoms with Gasteiger partial charge in [0.05, 0.1) is 34.0 Å². The molecule has 7 nitrogen and oxygen atoms in total. The highest BCUT2D eigenvalue weighted by atomic mass is 35.5. The summed E-state index contributed by atoms with van der Waals surface area (Å²) in [5.41, 5.74) is 2.78. The van der Waals surface area contributed by atoms with Crippen molar-refractivity contribution in [3.8, 4) is 11.8 Å². The van der Waals surface area contributed by atoms with Crippen LogP contribution in [0.5, 0.6) is 11.8 Å². The third-order valence-corrected chi connectivity index (χ3v) is 5.40. The number of hydrogen-bond donors (Lipinski definition) is 1. The average molecular weight is 438 g/mol. The first-order valence-corrected chi connectivity index (χ1v) is 9.73. The van der Waals surface area contributed by atoms with E-state index in [9.17, 15) is 4.79 Å². The number of aromatic amines is 1. The van der Waals surface area contributed by atoms with Crippen LogP contribution in [0.2, 0.25) is 10.0 Å². The van der Waals surface area contributed by atoms with Crippen molar-refractivity contribution in [1.82, 2.24) is 24.5 Å². The molecular weight excluding hydrogens is 425 g/mol. The third-order valence-electron chi connectivity index (χ3n) is 4.68. The van der Waals surface area contributed by atoms with Crippen molar-refractivity contribution < 1.29 is 9.53 Å². The Labute approximate surface area is 180 Å². The number of H-pyrrole nitrogens is 1. The Morgan fingerprint density at radius 2 is 1.87 bits per heavy atom. The van der Waals surface area contributed by atoms with Gasteiger partial charge in [-0.15, -0.1) is 0 Å². The molecule has 1 N–H and O–H groups in total. The Morgan fingerprint density at radius 3 is 2.70 bits per heavy atom. The van der Waals surface area contributed by atoms with E-state index < -0.39 is 0 Å². The molecule has 0 aliphatic rings. The summed E-state index contributed by atoms with van der Waals surface area (Å²) in [4.78, 5) is 28.5. The van der Waals surface area contributed by atoms with Crippen molar-refractivity contribution in [1.29, 1.82) is 0 Å². The third kappa shape index (κ3) is 3.38. The largest absolute Gasteiger partial charge is 0.424 e. The molecule has 0 amide bonds. The number of Topliss-reactive ketones (excluding diaryl/α,β-unsaturated/α-hetero) is 1. The number of carbonyl (C=O) groups excluding carboxylic acids is 1. The molecule has 0 fully saturated rings. The first-order chi connectivity index (χ1) is 14.6. The molecule has 5 rings (SSSR count). The van der Waals surface area contributed by atoms with Crippen LogP contribution in [0.15, 0.2) is 61.3 Å². The Balaban J connectivity index is 1.42. The molecule has 0 aliphatic heterocycles. The van der Waals surface area contributed by atoms with E-state index >= 15 is 0 Å². The van der Waals surface area contributed by atoms with Crippen molar-refractivity contribution in [2.24, 2.45) is 0 Å². The standard InChI is InChI=1S/C21H13Cl2N5O2/c22-15-7-18-19(8-16(15)23)28(11-27-18)10-20(29)14-9-26-17-6-12(2-3-13(14)17)30-21-24-4-1-5-25-21/h1-9,11,26H,10H2. The lowest BCUT2D eigenvalue weighted by Gasteiger charge is -2.05. The van der Waals surface area contributed by atoms with Gasteiger partial charge in [0.15, 0.2) is 5.78 Å². The molecule has 3 heterocycles. The number of halogens is 2. The predicted octanol–water partition coefficient (Wildman–Crippen LogP) is 5.29. The van der Waals surface area contributed by atoms with Crippen LogP contribution in [-0.2, 0) is 6.54 Å². The second-order valence-corrected chi connectivity index (χ2v) is 7.41. The van der Waals surface area contributed by atoms with Crippen molar-refractivity contribution in [3.05, 3.63) is 76.9 Å². The lowest BCUT2D eigenvalue weighted by atomic mass is 10.1. The maximum absolute atomic E-state index is 13.0. The molecule has 0 bridgehead atoms. The van der Waals surface area contributed by atoms with E-state index in [1.54, 1.807) is 59.8 Å². The Hall–Kier alpha value is -3.42. The lowest BCUT2D eigenvalue weighted by molar-refractivity contribution is 0.0975. The molecule has 0 atom stereocenters. The molecule has 30 heavy (non-hydrogen) atoms. The minimum absolute atomic E-state index is 0.0633. The van der Waals surface area contributed by atoms with Gasteiger partial charge in [0.1, 0.15) is 5.75 Å². The summed E-state index contributed by atoms with van der Waals surface area (Å²) in [5.74, 6) is 0.508. The van der Waals surface area contributed by atoms with Crippen LogP contribution in [0.4, 0.5) is 0 Å². The normalized spacial score (nSPS) is 11.3. The number of rotatable bonds is 5. The van der Waals surface area contributed by atoms with Crippen LogP contribution in [-0.4, -0.2) is 30.3 Å². The quantitative estimate of drug-likeness (QED) is 0.377. The van der Waals surface area contributed by atoms with Crippen LogP contribution in [0.1, 0.15) is 10.4 Å². The maximum Gasteiger partial charge on any atom is 0.321 e. The summed E-state index contributed by atoms with van der Waals surface area (Å²) in [6.45, 7) is 0.123. The van der Waals surface area contributed by atoms with Gasteiger partial charge >= 0.3 is 6.01 Å². The van der Waals surface area contributed by atoms with Gasteiger partial charge in [-0.1, -0.05) is 23.2 Å². The number of fused-ring (bicyclic) bond motifs is 2. The van der Waals surface area contributed by atoms with Gasteiger partial charge in [0.2, 0.25) is 0 Å². The summed E-state index contributed by atoms with van der Waals surface area (Å²) < 4.78 is 7.40. The highest BCUT2D eigenvalue weighted by molar-refractivity contribution is 6.42.